The van der Waals surface area contributed by atoms with Crippen molar-refractivity contribution in [1.82, 2.24) is 10.2 Å². The molecule has 33 heavy (non-hydrogen) atoms. The van der Waals surface area contributed by atoms with Crippen molar-refractivity contribution >= 4 is 39.3 Å². The molecule has 1 N–H and O–H groups in total. The van der Waals surface area contributed by atoms with Gasteiger partial charge in [0.1, 0.15) is 11.8 Å². The Labute approximate surface area is 211 Å². The van der Waals surface area contributed by atoms with Crippen molar-refractivity contribution in [2.75, 3.05) is 6.61 Å². The number of rotatable bonds is 9. The van der Waals surface area contributed by atoms with Crippen molar-refractivity contribution in [1.29, 1.82) is 0 Å². The molecule has 0 unspecified atom stereocenters. The van der Waals surface area contributed by atoms with Gasteiger partial charge in [0, 0.05) is 17.6 Å². The van der Waals surface area contributed by atoms with Gasteiger partial charge in [0.05, 0.1) is 4.47 Å². The van der Waals surface area contributed by atoms with Crippen LogP contribution in [0.25, 0.3) is 0 Å². The summed E-state index contributed by atoms with van der Waals surface area (Å²) in [5.41, 5.74) is 2.00. The molecule has 0 saturated heterocycles. The molecular weight excluding hydrogens is 504 g/mol. The van der Waals surface area contributed by atoms with E-state index in [0.717, 1.165) is 22.0 Å². The third-order valence-electron chi connectivity index (χ3n) is 5.56. The number of halogens is 2. The van der Waals surface area contributed by atoms with E-state index in [1.165, 1.54) is 4.90 Å². The zero-order valence-corrected chi connectivity index (χ0v) is 22.6. The first-order valence-electron chi connectivity index (χ1n) is 11.2. The molecule has 0 fully saturated rings. The molecule has 0 aliphatic heterocycles. The summed E-state index contributed by atoms with van der Waals surface area (Å²) in [5, 5.41) is 3.54. The topological polar surface area (TPSA) is 58.6 Å². The molecule has 0 aromatic heterocycles. The maximum Gasteiger partial charge on any atom is 0.261 e. The molecule has 2 atom stereocenters. The first-order chi connectivity index (χ1) is 15.4. The maximum atomic E-state index is 13.2. The number of nitrogens with zero attached hydrogens (tertiary/aromatic N) is 1. The van der Waals surface area contributed by atoms with Crippen molar-refractivity contribution in [3.8, 4) is 5.75 Å². The van der Waals surface area contributed by atoms with Crippen LogP contribution in [0.2, 0.25) is 5.02 Å². The summed E-state index contributed by atoms with van der Waals surface area (Å²) >= 11 is 9.68. The van der Waals surface area contributed by atoms with E-state index >= 15 is 0 Å². The average Bonchev–Trinajstić information content (AvgIpc) is 2.75. The Morgan fingerprint density at radius 2 is 1.85 bits per heavy atom. The van der Waals surface area contributed by atoms with E-state index in [9.17, 15) is 9.59 Å². The highest BCUT2D eigenvalue weighted by Crippen LogP contribution is 2.31. The average molecular weight is 538 g/mol. The zero-order valence-electron chi connectivity index (χ0n) is 20.2. The molecular formula is C26H34BrClN2O3. The van der Waals surface area contributed by atoms with Crippen molar-refractivity contribution in [3.63, 3.8) is 0 Å². The first kappa shape index (κ1) is 27.2. The summed E-state index contributed by atoms with van der Waals surface area (Å²) in [6.45, 7) is 12.1. The lowest BCUT2D eigenvalue weighted by Crippen LogP contribution is -2.50. The minimum Gasteiger partial charge on any atom is -0.483 e. The predicted octanol–water partition coefficient (Wildman–Crippen LogP) is 6.11. The Morgan fingerprint density at radius 3 is 2.42 bits per heavy atom. The van der Waals surface area contributed by atoms with Gasteiger partial charge < -0.3 is 15.0 Å². The quantitative estimate of drug-likeness (QED) is 0.420. The van der Waals surface area contributed by atoms with Crippen LogP contribution in [-0.4, -0.2) is 35.4 Å². The molecule has 2 aromatic rings. The first-order valence-corrected chi connectivity index (χ1v) is 12.4. The molecule has 5 nitrogen and oxygen atoms in total. The van der Waals surface area contributed by atoms with Gasteiger partial charge in [0.2, 0.25) is 5.91 Å². The molecule has 0 radical (unpaired) electrons. The zero-order chi connectivity index (χ0) is 24.8. The van der Waals surface area contributed by atoms with Crippen molar-refractivity contribution in [2.45, 2.75) is 72.0 Å². The summed E-state index contributed by atoms with van der Waals surface area (Å²) in [7, 11) is 0. The van der Waals surface area contributed by atoms with Gasteiger partial charge in [-0.1, -0.05) is 57.5 Å². The summed E-state index contributed by atoms with van der Waals surface area (Å²) < 4.78 is 6.63. The van der Waals surface area contributed by atoms with E-state index < -0.39 is 6.04 Å². The van der Waals surface area contributed by atoms with Crippen LogP contribution < -0.4 is 10.1 Å². The minimum absolute atomic E-state index is 0.00302. The lowest BCUT2D eigenvalue weighted by atomic mass is 9.87. The second-order valence-electron chi connectivity index (χ2n) is 9.33. The van der Waals surface area contributed by atoms with Crippen LogP contribution in [0.1, 0.15) is 59.1 Å². The van der Waals surface area contributed by atoms with Gasteiger partial charge >= 0.3 is 0 Å². The van der Waals surface area contributed by atoms with Crippen molar-refractivity contribution in [3.05, 3.63) is 63.1 Å². The lowest BCUT2D eigenvalue weighted by Gasteiger charge is -2.29. The molecule has 2 rings (SSSR count). The van der Waals surface area contributed by atoms with Gasteiger partial charge in [0.15, 0.2) is 6.61 Å². The number of nitrogens with one attached hydrogen (secondary N) is 1. The Bertz CT molecular complexity index is 974. The Hall–Kier alpha value is -2.05. The Balaban J connectivity index is 2.19. The minimum atomic E-state index is -0.666. The van der Waals surface area contributed by atoms with E-state index in [-0.39, 0.29) is 36.4 Å². The number of ether oxygens (including phenoxy) is 1. The molecule has 7 heteroatoms. The fraction of sp³-hybridized carbons (Fsp3) is 0.462. The van der Waals surface area contributed by atoms with Crippen molar-refractivity contribution in [2.24, 2.45) is 0 Å². The number of benzene rings is 2. The standard InChI is InChI=1S/C26H34BrClN2O3/c1-7-17(2)29-25(32)18(3)30(15-19-9-8-10-21(28)13-19)24(31)16-33-23-12-11-20(14-22(23)27)26(4,5)6/h8-14,17-18H,7,15-16H2,1-6H3,(H,29,32)/t17-,18-/m0/s1. The van der Waals surface area contributed by atoms with Gasteiger partial charge in [-0.3, -0.25) is 9.59 Å². The molecule has 180 valence electrons. The molecule has 0 heterocycles. The largest absolute Gasteiger partial charge is 0.483 e. The third kappa shape index (κ3) is 8.04. The van der Waals surface area contributed by atoms with Crippen LogP contribution in [0.5, 0.6) is 5.75 Å². The number of hydrogen-bond acceptors (Lipinski definition) is 3. The summed E-state index contributed by atoms with van der Waals surface area (Å²) in [5.74, 6) is 0.0970. The Morgan fingerprint density at radius 1 is 1.15 bits per heavy atom. The van der Waals surface area contributed by atoms with Crippen LogP contribution >= 0.6 is 27.5 Å². The highest BCUT2D eigenvalue weighted by Gasteiger charge is 2.27. The lowest BCUT2D eigenvalue weighted by molar-refractivity contribution is -0.142. The monoisotopic (exact) mass is 536 g/mol. The Kier molecular flexibility index (Phi) is 9.80. The van der Waals surface area contributed by atoms with Gasteiger partial charge in [-0.25, -0.2) is 0 Å². The fourth-order valence-electron chi connectivity index (χ4n) is 3.19. The van der Waals surface area contributed by atoms with Crippen LogP contribution in [0.3, 0.4) is 0 Å². The highest BCUT2D eigenvalue weighted by molar-refractivity contribution is 9.10. The van der Waals surface area contributed by atoms with E-state index in [1.54, 1.807) is 19.1 Å². The summed E-state index contributed by atoms with van der Waals surface area (Å²) in [6.07, 6.45) is 0.808. The second kappa shape index (κ2) is 11.9. The predicted molar refractivity (Wildman–Crippen MR) is 138 cm³/mol. The SMILES string of the molecule is CC[C@H](C)NC(=O)[C@H](C)N(Cc1cccc(Cl)c1)C(=O)COc1ccc(C(C)(C)C)cc1Br. The van der Waals surface area contributed by atoms with Crippen LogP contribution in [0, 0.1) is 0 Å². The molecule has 0 saturated carbocycles. The van der Waals surface area contributed by atoms with Crippen molar-refractivity contribution < 1.29 is 14.3 Å². The maximum absolute atomic E-state index is 13.2. The van der Waals surface area contributed by atoms with Gasteiger partial charge in [0.25, 0.3) is 5.91 Å². The number of carbonyl (C=O) groups is 2. The van der Waals surface area contributed by atoms with E-state index in [0.29, 0.717) is 10.8 Å². The van der Waals surface area contributed by atoms with Crippen LogP contribution in [-0.2, 0) is 21.5 Å². The number of carbonyl (C=O) groups excluding carboxylic acids is 2. The van der Waals surface area contributed by atoms with E-state index in [2.05, 4.69) is 42.0 Å². The molecule has 0 aliphatic carbocycles. The summed E-state index contributed by atoms with van der Waals surface area (Å²) in [6, 6.07) is 12.5. The number of hydrogen-bond donors (Lipinski definition) is 1. The fourth-order valence-corrected chi connectivity index (χ4v) is 3.89. The van der Waals surface area contributed by atoms with Gasteiger partial charge in [-0.05, 0) is 77.0 Å². The normalized spacial score (nSPS) is 13.2. The van der Waals surface area contributed by atoms with Gasteiger partial charge in [-0.15, -0.1) is 0 Å². The smallest absolute Gasteiger partial charge is 0.261 e. The van der Waals surface area contributed by atoms with Crippen LogP contribution in [0.15, 0.2) is 46.9 Å². The highest BCUT2D eigenvalue weighted by atomic mass is 79.9. The third-order valence-corrected chi connectivity index (χ3v) is 6.41. The molecule has 2 aromatic carbocycles. The molecule has 0 aliphatic rings. The molecule has 0 spiro atoms. The van der Waals surface area contributed by atoms with Crippen LogP contribution in [0.4, 0.5) is 0 Å². The van der Waals surface area contributed by atoms with Gasteiger partial charge in [-0.2, -0.15) is 0 Å². The second-order valence-corrected chi connectivity index (χ2v) is 10.6. The molecule has 0 bridgehead atoms. The van der Waals surface area contributed by atoms with E-state index in [1.807, 2.05) is 44.2 Å². The summed E-state index contributed by atoms with van der Waals surface area (Å²) in [4.78, 5) is 27.5. The number of amides is 2. The van der Waals surface area contributed by atoms with E-state index in [4.69, 9.17) is 16.3 Å². The molecule has 2 amide bonds.